The zero-order chi connectivity index (χ0) is 41.2. The number of ether oxygens (including phenoxy) is 1. The monoisotopic (exact) mass is 817 g/mol. The van der Waals surface area contributed by atoms with E-state index in [0.29, 0.717) is 53.4 Å². The first-order valence-corrected chi connectivity index (χ1v) is 20.1. The highest BCUT2D eigenvalue weighted by atomic mass is 35.5. The Morgan fingerprint density at radius 1 is 0.983 bits per heavy atom. The quantitative estimate of drug-likeness (QED) is 0.125. The average molecular weight is 819 g/mol. The van der Waals surface area contributed by atoms with Crippen LogP contribution in [0.2, 0.25) is 10.0 Å². The molecule has 0 radical (unpaired) electrons. The van der Waals surface area contributed by atoms with Crippen LogP contribution < -0.4 is 15.0 Å². The molecule has 2 N–H and O–H groups in total. The van der Waals surface area contributed by atoms with Crippen molar-refractivity contribution in [3.8, 4) is 16.9 Å². The molecule has 3 aromatic carbocycles. The van der Waals surface area contributed by atoms with E-state index in [-0.39, 0.29) is 24.1 Å². The Kier molecular flexibility index (Phi) is 10.2. The summed E-state index contributed by atoms with van der Waals surface area (Å²) in [6, 6.07) is 18.9. The van der Waals surface area contributed by atoms with E-state index in [0.717, 1.165) is 72.3 Å². The molecule has 1 aliphatic heterocycles. The highest BCUT2D eigenvalue weighted by molar-refractivity contribution is 6.35. The fourth-order valence-electron chi connectivity index (χ4n) is 8.68. The number of carbonyl (C=O) groups is 2. The first-order chi connectivity index (χ1) is 27.8. The fraction of sp³-hybridized carbons (Fsp3) is 0.289. The van der Waals surface area contributed by atoms with Crippen LogP contribution in [-0.4, -0.2) is 54.0 Å². The SMILES string of the molecule is Cc1cc(OCCCc2c3n(c4c(-c5c(C)nn(C)c5C)c(Cl)ccc24)[C@H](C)CN(c2c(C(=O)O)c4cc(NCc5ccccn5)ccc4n2C)C3=O)cc(C)c1Cl. The van der Waals surface area contributed by atoms with Gasteiger partial charge in [-0.1, -0.05) is 35.3 Å². The highest BCUT2D eigenvalue weighted by Crippen LogP contribution is 2.46. The standard InChI is InChI=1S/C45H45Cl2N7O4/c1-24-19-31(20-25(2)40(24)47)58-18-10-12-32-33-14-15-35(46)39(37-27(4)50-52(7)28(37)5)41(33)54-26(3)23-53(44(55)42(32)54)43-38(45(56)57)34-21-29(13-16-36(34)51(43)6)49-22-30-11-8-9-17-48-30/h8-9,11,13-17,19-21,26,49H,10,12,18,22-23H2,1-7H3,(H,56,57)/t26-/m1/s1. The number of aromatic nitrogens is 5. The van der Waals surface area contributed by atoms with Crippen LogP contribution in [0.1, 0.15) is 74.0 Å². The summed E-state index contributed by atoms with van der Waals surface area (Å²) in [6.45, 7) is 11.1. The third-order valence-electron chi connectivity index (χ3n) is 11.4. The van der Waals surface area contributed by atoms with E-state index >= 15 is 4.79 Å². The number of carboxylic acid groups (broad SMARTS) is 1. The van der Waals surface area contributed by atoms with Gasteiger partial charge in [0.1, 0.15) is 22.8 Å². The molecule has 11 nitrogen and oxygen atoms in total. The van der Waals surface area contributed by atoms with Gasteiger partial charge in [0.25, 0.3) is 5.91 Å². The summed E-state index contributed by atoms with van der Waals surface area (Å²) < 4.78 is 12.0. The van der Waals surface area contributed by atoms with Gasteiger partial charge < -0.3 is 24.3 Å². The van der Waals surface area contributed by atoms with Gasteiger partial charge in [-0.25, -0.2) is 4.79 Å². The number of aromatic carboxylic acids is 1. The Bertz CT molecular complexity index is 2760. The molecule has 0 saturated carbocycles. The van der Waals surface area contributed by atoms with Crippen molar-refractivity contribution >= 4 is 68.4 Å². The maximum absolute atomic E-state index is 15.3. The first-order valence-electron chi connectivity index (χ1n) is 19.3. The van der Waals surface area contributed by atoms with Gasteiger partial charge in [0.15, 0.2) is 0 Å². The van der Waals surface area contributed by atoms with Crippen LogP contribution in [0.25, 0.3) is 32.9 Å². The minimum absolute atomic E-state index is 0.0675. The summed E-state index contributed by atoms with van der Waals surface area (Å²) in [6.07, 6.45) is 2.87. The van der Waals surface area contributed by atoms with Gasteiger partial charge in [0.05, 0.1) is 40.6 Å². The molecule has 13 heteroatoms. The van der Waals surface area contributed by atoms with Gasteiger partial charge in [-0.15, -0.1) is 0 Å². The van der Waals surface area contributed by atoms with E-state index in [1.54, 1.807) is 11.1 Å². The molecule has 0 spiro atoms. The number of rotatable bonds is 11. The minimum Gasteiger partial charge on any atom is -0.494 e. The molecule has 0 aliphatic carbocycles. The van der Waals surface area contributed by atoms with Crippen LogP contribution in [0.3, 0.4) is 0 Å². The number of hydrogen-bond donors (Lipinski definition) is 2. The Balaban J connectivity index is 1.24. The minimum atomic E-state index is -1.12. The third-order valence-corrected chi connectivity index (χ3v) is 12.3. The molecular formula is C45H45Cl2N7O4. The van der Waals surface area contributed by atoms with Gasteiger partial charge in [0.2, 0.25) is 0 Å². The van der Waals surface area contributed by atoms with Crippen molar-refractivity contribution < 1.29 is 19.4 Å². The van der Waals surface area contributed by atoms with Gasteiger partial charge >= 0.3 is 5.97 Å². The lowest BCUT2D eigenvalue weighted by molar-refractivity contribution is 0.0699. The van der Waals surface area contributed by atoms with Gasteiger partial charge in [0, 0.05) is 71.2 Å². The molecule has 8 rings (SSSR count). The fourth-order valence-corrected chi connectivity index (χ4v) is 9.03. The van der Waals surface area contributed by atoms with Crippen LogP contribution >= 0.6 is 23.2 Å². The van der Waals surface area contributed by atoms with Crippen LogP contribution in [0.5, 0.6) is 5.75 Å². The summed E-state index contributed by atoms with van der Waals surface area (Å²) in [4.78, 5) is 34.6. The molecule has 0 fully saturated rings. The lowest BCUT2D eigenvalue weighted by atomic mass is 9.98. The number of nitrogens with one attached hydrogen (secondary N) is 1. The van der Waals surface area contributed by atoms with Gasteiger partial charge in [-0.3, -0.25) is 19.4 Å². The number of carbonyl (C=O) groups excluding carboxylic acids is 1. The largest absolute Gasteiger partial charge is 0.494 e. The predicted molar refractivity (Wildman–Crippen MR) is 231 cm³/mol. The van der Waals surface area contributed by atoms with Crippen molar-refractivity contribution in [1.82, 2.24) is 23.9 Å². The van der Waals surface area contributed by atoms with Crippen LogP contribution in [0.4, 0.5) is 11.5 Å². The molecule has 58 heavy (non-hydrogen) atoms. The normalized spacial score (nSPS) is 14.1. The number of aryl methyl sites for hydroxylation is 6. The molecule has 1 aliphatic rings. The van der Waals surface area contributed by atoms with Crippen molar-refractivity contribution in [2.24, 2.45) is 14.1 Å². The molecule has 1 atom stereocenters. The van der Waals surface area contributed by atoms with Crippen LogP contribution in [-0.2, 0) is 27.1 Å². The number of benzene rings is 3. The van der Waals surface area contributed by atoms with Crippen LogP contribution in [0, 0.1) is 27.7 Å². The number of nitrogens with zero attached hydrogens (tertiary/aromatic N) is 6. The number of halogens is 2. The topological polar surface area (TPSA) is 119 Å². The lowest BCUT2D eigenvalue weighted by Crippen LogP contribution is -2.44. The number of hydrogen-bond acceptors (Lipinski definition) is 6. The molecule has 5 heterocycles. The van der Waals surface area contributed by atoms with Crippen molar-refractivity contribution in [1.29, 1.82) is 0 Å². The Labute approximate surface area is 346 Å². The predicted octanol–water partition coefficient (Wildman–Crippen LogP) is 10.0. The zero-order valence-corrected chi connectivity index (χ0v) is 35.1. The second-order valence-electron chi connectivity index (χ2n) is 15.2. The molecule has 4 aromatic heterocycles. The van der Waals surface area contributed by atoms with Crippen molar-refractivity contribution in [3.63, 3.8) is 0 Å². The second-order valence-corrected chi connectivity index (χ2v) is 16.0. The molecule has 7 aromatic rings. The summed E-state index contributed by atoms with van der Waals surface area (Å²) in [5.74, 6) is -0.325. The highest BCUT2D eigenvalue weighted by Gasteiger charge is 2.39. The Morgan fingerprint density at radius 2 is 1.74 bits per heavy atom. The molecular weight excluding hydrogens is 773 g/mol. The molecule has 1 amide bonds. The van der Waals surface area contributed by atoms with E-state index in [1.807, 2.05) is 112 Å². The number of amides is 1. The third kappa shape index (κ3) is 6.56. The van der Waals surface area contributed by atoms with Crippen molar-refractivity contribution in [3.05, 3.63) is 122 Å². The second kappa shape index (κ2) is 15.2. The number of pyridine rings is 1. The summed E-state index contributed by atoms with van der Waals surface area (Å²) in [7, 11) is 3.73. The summed E-state index contributed by atoms with van der Waals surface area (Å²) >= 11 is 13.5. The summed E-state index contributed by atoms with van der Waals surface area (Å²) in [5.41, 5.74) is 10.0. The van der Waals surface area contributed by atoms with E-state index in [2.05, 4.69) is 21.8 Å². The molecule has 0 unspecified atom stereocenters. The zero-order valence-electron chi connectivity index (χ0n) is 33.6. The Morgan fingerprint density at radius 3 is 2.41 bits per heavy atom. The number of carboxylic acids is 1. The molecule has 0 saturated heterocycles. The van der Waals surface area contributed by atoms with Gasteiger partial charge in [-0.2, -0.15) is 5.10 Å². The average Bonchev–Trinajstić information content (AvgIpc) is 3.78. The van der Waals surface area contributed by atoms with Crippen molar-refractivity contribution in [2.75, 3.05) is 23.4 Å². The maximum atomic E-state index is 15.3. The molecule has 298 valence electrons. The summed E-state index contributed by atoms with van der Waals surface area (Å²) in [5, 5.41) is 21.6. The maximum Gasteiger partial charge on any atom is 0.340 e. The number of anilines is 2. The van der Waals surface area contributed by atoms with E-state index < -0.39 is 5.97 Å². The Hall–Kier alpha value is -5.78. The van der Waals surface area contributed by atoms with E-state index in [4.69, 9.17) is 33.0 Å². The molecule has 0 bridgehead atoms. The van der Waals surface area contributed by atoms with Crippen molar-refractivity contribution in [2.45, 2.75) is 60.0 Å². The number of fused-ring (bicyclic) bond motifs is 4. The van der Waals surface area contributed by atoms with E-state index in [9.17, 15) is 9.90 Å². The van der Waals surface area contributed by atoms with Crippen LogP contribution in [0.15, 0.2) is 66.9 Å². The smallest absolute Gasteiger partial charge is 0.340 e. The first kappa shape index (κ1) is 39.1. The van der Waals surface area contributed by atoms with E-state index in [1.165, 1.54) is 0 Å². The lowest BCUT2D eigenvalue weighted by Gasteiger charge is -2.34. The van der Waals surface area contributed by atoms with Gasteiger partial charge in [-0.05, 0) is 113 Å².